The van der Waals surface area contributed by atoms with E-state index in [9.17, 15) is 14.0 Å². The molecule has 1 aromatic rings. The Labute approximate surface area is 152 Å². The average molecular weight is 360 g/mol. The number of halogens is 1. The fourth-order valence-electron chi connectivity index (χ4n) is 4.92. The molecule has 4 fully saturated rings. The molecular formula is C20H25FN2O3. The zero-order valence-electron chi connectivity index (χ0n) is 15.0. The van der Waals surface area contributed by atoms with E-state index in [4.69, 9.17) is 4.74 Å². The second-order valence-electron chi connectivity index (χ2n) is 8.33. The number of rotatable bonds is 5. The van der Waals surface area contributed by atoms with Gasteiger partial charge in [0.1, 0.15) is 11.9 Å². The molecule has 4 aliphatic carbocycles. The van der Waals surface area contributed by atoms with Gasteiger partial charge in [0.2, 0.25) is 5.91 Å². The van der Waals surface area contributed by atoms with Crippen LogP contribution in [0.2, 0.25) is 0 Å². The van der Waals surface area contributed by atoms with E-state index in [-0.39, 0.29) is 40.8 Å². The zero-order valence-corrected chi connectivity index (χ0v) is 15.0. The van der Waals surface area contributed by atoms with Crippen molar-refractivity contribution < 1.29 is 18.7 Å². The van der Waals surface area contributed by atoms with Crippen LogP contribution >= 0.6 is 0 Å². The van der Waals surface area contributed by atoms with E-state index in [0.29, 0.717) is 5.69 Å². The Hall–Kier alpha value is -2.11. The van der Waals surface area contributed by atoms with Crippen molar-refractivity contribution in [1.82, 2.24) is 5.32 Å². The van der Waals surface area contributed by atoms with E-state index < -0.39 is 0 Å². The molecule has 0 spiro atoms. The van der Waals surface area contributed by atoms with E-state index >= 15 is 0 Å². The van der Waals surface area contributed by atoms with Gasteiger partial charge in [-0.3, -0.25) is 4.79 Å². The van der Waals surface area contributed by atoms with Gasteiger partial charge >= 0.3 is 6.09 Å². The lowest BCUT2D eigenvalue weighted by Crippen LogP contribution is -2.77. The molecule has 1 aromatic carbocycles. The highest BCUT2D eigenvalue weighted by atomic mass is 19.1. The number of anilines is 1. The molecule has 2 bridgehead atoms. The first kappa shape index (κ1) is 17.3. The van der Waals surface area contributed by atoms with E-state index in [2.05, 4.69) is 10.6 Å². The normalized spacial score (nSPS) is 30.7. The molecule has 140 valence electrons. The summed E-state index contributed by atoms with van der Waals surface area (Å²) in [5.41, 5.74) is 0.382. The summed E-state index contributed by atoms with van der Waals surface area (Å²) >= 11 is 0. The van der Waals surface area contributed by atoms with E-state index in [1.54, 1.807) is 12.1 Å². The summed E-state index contributed by atoms with van der Waals surface area (Å²) in [6.07, 6.45) is 6.40. The Morgan fingerprint density at radius 1 is 1.15 bits per heavy atom. The molecule has 0 heterocycles. The maximum Gasteiger partial charge on any atom is 0.407 e. The SMILES string of the molecule is C[C@H](C(=O)Nc1ccc(F)cc1)C12CC(NC(=O)OC3CCCC3)(C1)C2. The van der Waals surface area contributed by atoms with Gasteiger partial charge in [0.05, 0.1) is 0 Å². The number of hydrogen-bond donors (Lipinski definition) is 2. The Morgan fingerprint density at radius 2 is 1.77 bits per heavy atom. The number of ether oxygens (including phenoxy) is 1. The molecule has 1 atom stereocenters. The van der Waals surface area contributed by atoms with Gasteiger partial charge in [-0.15, -0.1) is 0 Å². The highest BCUT2D eigenvalue weighted by Crippen LogP contribution is 2.70. The predicted molar refractivity (Wildman–Crippen MR) is 95.1 cm³/mol. The largest absolute Gasteiger partial charge is 0.446 e. The van der Waals surface area contributed by atoms with Crippen LogP contribution in [-0.2, 0) is 9.53 Å². The van der Waals surface area contributed by atoms with Crippen molar-refractivity contribution in [2.75, 3.05) is 5.32 Å². The van der Waals surface area contributed by atoms with Crippen molar-refractivity contribution in [3.05, 3.63) is 30.1 Å². The highest BCUT2D eigenvalue weighted by molar-refractivity contribution is 5.93. The summed E-state index contributed by atoms with van der Waals surface area (Å²) in [6, 6.07) is 5.78. The number of alkyl carbamates (subject to hydrolysis) is 1. The molecule has 5 nitrogen and oxygen atoms in total. The topological polar surface area (TPSA) is 67.4 Å². The molecule has 4 saturated carbocycles. The van der Waals surface area contributed by atoms with Gasteiger partial charge < -0.3 is 15.4 Å². The maximum atomic E-state index is 13.0. The summed E-state index contributed by atoms with van der Waals surface area (Å²) in [5, 5.41) is 5.88. The summed E-state index contributed by atoms with van der Waals surface area (Å²) in [7, 11) is 0. The lowest BCUT2D eigenvalue weighted by atomic mass is 9.36. The molecule has 2 amide bonds. The van der Waals surface area contributed by atoms with Crippen molar-refractivity contribution in [3.8, 4) is 0 Å². The quantitative estimate of drug-likeness (QED) is 0.834. The molecule has 2 N–H and O–H groups in total. The fourth-order valence-corrected chi connectivity index (χ4v) is 4.92. The fraction of sp³-hybridized carbons (Fsp3) is 0.600. The van der Waals surface area contributed by atoms with Crippen LogP contribution in [0.4, 0.5) is 14.9 Å². The minimum atomic E-state index is -0.326. The number of amides is 2. The van der Waals surface area contributed by atoms with Gasteiger partial charge in [0, 0.05) is 17.1 Å². The van der Waals surface area contributed by atoms with Crippen LogP contribution < -0.4 is 10.6 Å². The number of carbonyl (C=O) groups is 2. The van der Waals surface area contributed by atoms with Crippen LogP contribution in [0.5, 0.6) is 0 Å². The highest BCUT2D eigenvalue weighted by Gasteiger charge is 2.71. The maximum absolute atomic E-state index is 13.0. The molecule has 0 aliphatic heterocycles. The van der Waals surface area contributed by atoms with E-state index in [1.807, 2.05) is 6.92 Å². The molecule has 5 rings (SSSR count). The van der Waals surface area contributed by atoms with Gasteiger partial charge in [-0.2, -0.15) is 0 Å². The van der Waals surface area contributed by atoms with Crippen LogP contribution in [0.3, 0.4) is 0 Å². The number of benzene rings is 1. The van der Waals surface area contributed by atoms with Gasteiger partial charge in [0.25, 0.3) is 0 Å². The third kappa shape index (κ3) is 3.06. The minimum Gasteiger partial charge on any atom is -0.446 e. The molecule has 0 radical (unpaired) electrons. The second-order valence-corrected chi connectivity index (χ2v) is 8.33. The van der Waals surface area contributed by atoms with Gasteiger partial charge in [-0.25, -0.2) is 9.18 Å². The zero-order chi connectivity index (χ0) is 18.4. The molecular weight excluding hydrogens is 335 g/mol. The Morgan fingerprint density at radius 3 is 2.38 bits per heavy atom. The van der Waals surface area contributed by atoms with Gasteiger partial charge in [0.15, 0.2) is 0 Å². The van der Waals surface area contributed by atoms with Crippen LogP contribution in [0.25, 0.3) is 0 Å². The minimum absolute atomic E-state index is 0.0370. The van der Waals surface area contributed by atoms with Gasteiger partial charge in [-0.05, 0) is 74.6 Å². The van der Waals surface area contributed by atoms with E-state index in [1.165, 1.54) is 12.1 Å². The Bertz CT molecular complexity index is 692. The summed E-state index contributed by atoms with van der Waals surface area (Å²) < 4.78 is 18.4. The first-order valence-corrected chi connectivity index (χ1v) is 9.45. The molecule has 0 unspecified atom stereocenters. The standard InChI is InChI=1S/C20H25FN2O3/c1-13(17(24)22-15-8-6-14(21)7-9-15)19-10-20(11-19,12-19)23-18(25)26-16-4-2-3-5-16/h6-9,13,16H,2-5,10-12H2,1H3,(H,22,24)(H,23,25)/t13-,19?,20?/m1/s1. The first-order valence-electron chi connectivity index (χ1n) is 9.45. The monoisotopic (exact) mass is 360 g/mol. The van der Waals surface area contributed by atoms with Gasteiger partial charge in [-0.1, -0.05) is 6.92 Å². The molecule has 0 saturated heterocycles. The third-order valence-electron chi connectivity index (χ3n) is 6.44. The first-order chi connectivity index (χ1) is 12.4. The van der Waals surface area contributed by atoms with Crippen LogP contribution in [-0.4, -0.2) is 23.6 Å². The van der Waals surface area contributed by atoms with Crippen molar-refractivity contribution in [1.29, 1.82) is 0 Å². The second kappa shape index (κ2) is 6.25. The van der Waals surface area contributed by atoms with Crippen molar-refractivity contribution >= 4 is 17.7 Å². The lowest BCUT2D eigenvalue weighted by Gasteiger charge is -2.72. The van der Waals surface area contributed by atoms with Crippen LogP contribution in [0.1, 0.15) is 51.9 Å². The number of hydrogen-bond acceptors (Lipinski definition) is 3. The number of carbonyl (C=O) groups excluding carboxylic acids is 2. The van der Waals surface area contributed by atoms with Crippen LogP contribution in [0.15, 0.2) is 24.3 Å². The smallest absolute Gasteiger partial charge is 0.407 e. The third-order valence-corrected chi connectivity index (χ3v) is 6.44. The average Bonchev–Trinajstić information content (AvgIpc) is 3.04. The predicted octanol–water partition coefficient (Wildman–Crippen LogP) is 3.99. The summed E-state index contributed by atoms with van der Waals surface area (Å²) in [6.45, 7) is 1.93. The molecule has 6 heteroatoms. The molecule has 0 aromatic heterocycles. The Balaban J connectivity index is 1.26. The Kier molecular flexibility index (Phi) is 4.16. The van der Waals surface area contributed by atoms with Crippen molar-refractivity contribution in [2.45, 2.75) is 63.5 Å². The van der Waals surface area contributed by atoms with E-state index in [0.717, 1.165) is 44.9 Å². The van der Waals surface area contributed by atoms with Crippen LogP contribution in [0, 0.1) is 17.2 Å². The summed E-state index contributed by atoms with van der Waals surface area (Å²) in [4.78, 5) is 24.6. The van der Waals surface area contributed by atoms with Crippen molar-refractivity contribution in [2.24, 2.45) is 11.3 Å². The molecule has 26 heavy (non-hydrogen) atoms. The lowest BCUT2D eigenvalue weighted by molar-refractivity contribution is -0.186. The van der Waals surface area contributed by atoms with Crippen molar-refractivity contribution in [3.63, 3.8) is 0 Å². The number of nitrogens with one attached hydrogen (secondary N) is 2. The summed E-state index contributed by atoms with van der Waals surface area (Å²) in [5.74, 6) is -0.534. The molecule has 4 aliphatic rings.